The maximum Gasteiger partial charge on any atom is 0.174 e. The molecule has 0 saturated carbocycles. The molecule has 6 heteroatoms. The van der Waals surface area contributed by atoms with E-state index in [4.69, 9.17) is 44.8 Å². The third-order valence-corrected chi connectivity index (χ3v) is 3.54. The van der Waals surface area contributed by atoms with E-state index < -0.39 is 0 Å². The molecule has 0 unspecified atom stereocenters. The fraction of sp³-hybridized carbons (Fsp3) is 0.133. The zero-order valence-electron chi connectivity index (χ0n) is 10.9. The minimum absolute atomic E-state index is 0.000525. The lowest BCUT2D eigenvalue weighted by atomic mass is 10.2. The van der Waals surface area contributed by atoms with Crippen molar-refractivity contribution in [3.63, 3.8) is 0 Å². The van der Waals surface area contributed by atoms with Crippen molar-refractivity contribution in [2.45, 2.75) is 6.54 Å². The molecule has 2 aromatic carbocycles. The summed E-state index contributed by atoms with van der Waals surface area (Å²) >= 11 is 18.1. The predicted octanol–water partition coefficient (Wildman–Crippen LogP) is 5.16. The lowest BCUT2D eigenvalue weighted by Crippen LogP contribution is -2.04. The molecule has 0 heterocycles. The topological polar surface area (TPSA) is 45.0 Å². The molecular weight excluding hydrogens is 331 g/mol. The smallest absolute Gasteiger partial charge is 0.174 e. The van der Waals surface area contributed by atoms with Gasteiger partial charge in [-0.3, -0.25) is 0 Å². The van der Waals surface area contributed by atoms with Gasteiger partial charge >= 0.3 is 0 Å². The number of anilines is 1. The van der Waals surface area contributed by atoms with Crippen molar-refractivity contribution in [2.24, 2.45) is 0 Å². The molecule has 0 aliphatic heterocycles. The van der Waals surface area contributed by atoms with Crippen molar-refractivity contribution in [3.05, 3.63) is 57.0 Å². The molecule has 0 aromatic heterocycles. The van der Waals surface area contributed by atoms with Gasteiger partial charge in [-0.15, -0.1) is 0 Å². The van der Waals surface area contributed by atoms with Gasteiger partial charge in [0, 0.05) is 17.1 Å². The van der Waals surface area contributed by atoms with Crippen molar-refractivity contribution in [1.29, 1.82) is 5.26 Å². The van der Waals surface area contributed by atoms with Crippen LogP contribution in [0.2, 0.25) is 15.1 Å². The zero-order valence-corrected chi connectivity index (χ0v) is 13.1. The summed E-state index contributed by atoms with van der Waals surface area (Å²) in [5.41, 5.74) is 1.51. The molecule has 2 rings (SSSR count). The molecule has 0 bridgehead atoms. The molecule has 0 amide bonds. The summed E-state index contributed by atoms with van der Waals surface area (Å²) in [4.78, 5) is 0. The van der Waals surface area contributed by atoms with Crippen LogP contribution in [0.4, 0.5) is 5.69 Å². The number of ether oxygens (including phenoxy) is 1. The van der Waals surface area contributed by atoms with Crippen molar-refractivity contribution in [3.8, 4) is 11.8 Å². The summed E-state index contributed by atoms with van der Waals surface area (Å²) in [6, 6.07) is 12.6. The molecule has 0 spiro atoms. The highest BCUT2D eigenvalue weighted by atomic mass is 35.5. The molecule has 0 atom stereocenters. The summed E-state index contributed by atoms with van der Waals surface area (Å²) in [5.74, 6) is 0.646. The van der Waals surface area contributed by atoms with Crippen LogP contribution >= 0.6 is 34.8 Å². The van der Waals surface area contributed by atoms with Crippen LogP contribution in [0, 0.1) is 11.3 Å². The molecule has 2 aromatic rings. The van der Waals surface area contributed by atoms with Gasteiger partial charge in [-0.1, -0.05) is 53.0 Å². The Hall–Kier alpha value is -1.60. The molecule has 108 valence electrons. The Morgan fingerprint density at radius 2 is 1.76 bits per heavy atom. The van der Waals surface area contributed by atoms with Crippen molar-refractivity contribution >= 4 is 40.5 Å². The molecule has 21 heavy (non-hydrogen) atoms. The number of para-hydroxylation sites is 1. The van der Waals surface area contributed by atoms with Gasteiger partial charge in [0.2, 0.25) is 0 Å². The Kier molecular flexibility index (Phi) is 5.58. The van der Waals surface area contributed by atoms with Gasteiger partial charge in [0.25, 0.3) is 0 Å². The van der Waals surface area contributed by atoms with Crippen LogP contribution in [0.1, 0.15) is 5.56 Å². The van der Waals surface area contributed by atoms with Gasteiger partial charge in [-0.2, -0.15) is 5.26 Å². The Morgan fingerprint density at radius 1 is 1.10 bits per heavy atom. The second kappa shape index (κ2) is 7.42. The van der Waals surface area contributed by atoms with E-state index in [1.165, 1.54) is 0 Å². The lowest BCUT2D eigenvalue weighted by molar-refractivity contribution is 0.364. The highest BCUT2D eigenvalue weighted by Crippen LogP contribution is 2.34. The largest absolute Gasteiger partial charge is 0.478 e. The van der Waals surface area contributed by atoms with Crippen LogP contribution in [0.5, 0.6) is 5.75 Å². The van der Waals surface area contributed by atoms with Gasteiger partial charge in [0.05, 0.1) is 15.7 Å². The first-order valence-electron chi connectivity index (χ1n) is 6.08. The normalized spacial score (nSPS) is 10.0. The molecule has 3 nitrogen and oxygen atoms in total. The monoisotopic (exact) mass is 340 g/mol. The number of nitrogens with zero attached hydrogens (tertiary/aromatic N) is 1. The van der Waals surface area contributed by atoms with Crippen LogP contribution in [0.3, 0.4) is 0 Å². The zero-order chi connectivity index (χ0) is 15.2. The third-order valence-electron chi connectivity index (χ3n) is 2.73. The number of benzene rings is 2. The first-order valence-corrected chi connectivity index (χ1v) is 7.21. The van der Waals surface area contributed by atoms with Crippen molar-refractivity contribution in [2.75, 3.05) is 11.9 Å². The number of hydrogen-bond acceptors (Lipinski definition) is 3. The van der Waals surface area contributed by atoms with Gasteiger partial charge in [0.15, 0.2) is 6.61 Å². The van der Waals surface area contributed by atoms with E-state index in [9.17, 15) is 0 Å². The van der Waals surface area contributed by atoms with E-state index >= 15 is 0 Å². The fourth-order valence-electron chi connectivity index (χ4n) is 1.80. The highest BCUT2D eigenvalue weighted by molar-refractivity contribution is 6.41. The minimum atomic E-state index is -0.000525. The average molecular weight is 342 g/mol. The Labute approximate surface area is 138 Å². The Morgan fingerprint density at radius 3 is 2.43 bits per heavy atom. The van der Waals surface area contributed by atoms with Crippen molar-refractivity contribution < 1.29 is 4.74 Å². The van der Waals surface area contributed by atoms with Gasteiger partial charge in [-0.25, -0.2) is 0 Å². The van der Waals surface area contributed by atoms with Crippen LogP contribution < -0.4 is 10.1 Å². The van der Waals surface area contributed by atoms with E-state index in [2.05, 4.69) is 5.32 Å². The minimum Gasteiger partial charge on any atom is -0.478 e. The van der Waals surface area contributed by atoms with E-state index in [1.807, 2.05) is 24.3 Å². The van der Waals surface area contributed by atoms with Gasteiger partial charge < -0.3 is 10.1 Å². The van der Waals surface area contributed by atoms with E-state index in [0.717, 1.165) is 5.56 Å². The maximum atomic E-state index is 8.59. The molecule has 0 aliphatic rings. The molecular formula is C15H11Cl3N2O. The second-order valence-corrected chi connectivity index (χ2v) is 5.40. The molecule has 1 N–H and O–H groups in total. The number of nitriles is 1. The summed E-state index contributed by atoms with van der Waals surface area (Å²) in [7, 11) is 0. The van der Waals surface area contributed by atoms with Gasteiger partial charge in [0.1, 0.15) is 11.8 Å². The number of hydrogen-bond donors (Lipinski definition) is 1. The lowest BCUT2D eigenvalue weighted by Gasteiger charge is -2.13. The molecule has 0 fully saturated rings. The standard InChI is InChI=1S/C15H11Cl3N2O/c16-11-7-12(17)15(13(18)8-11)20-9-10-3-1-2-4-14(10)21-6-5-19/h1-4,7-8,20H,6,9H2. The predicted molar refractivity (Wildman–Crippen MR) is 86.3 cm³/mol. The molecule has 0 aliphatic carbocycles. The van der Waals surface area contributed by atoms with Crippen LogP contribution in [0.15, 0.2) is 36.4 Å². The van der Waals surface area contributed by atoms with E-state index in [1.54, 1.807) is 18.2 Å². The summed E-state index contributed by atoms with van der Waals surface area (Å²) < 4.78 is 5.37. The quantitative estimate of drug-likeness (QED) is 0.817. The van der Waals surface area contributed by atoms with E-state index in [0.29, 0.717) is 33.0 Å². The third kappa shape index (κ3) is 4.18. The van der Waals surface area contributed by atoms with Crippen LogP contribution in [0.25, 0.3) is 0 Å². The first-order chi connectivity index (χ1) is 10.1. The number of rotatable bonds is 5. The van der Waals surface area contributed by atoms with Crippen LogP contribution in [-0.2, 0) is 6.54 Å². The van der Waals surface area contributed by atoms with Gasteiger partial charge in [-0.05, 0) is 18.2 Å². The summed E-state index contributed by atoms with van der Waals surface area (Å²) in [6.45, 7) is 0.460. The van der Waals surface area contributed by atoms with Crippen LogP contribution in [-0.4, -0.2) is 6.61 Å². The maximum absolute atomic E-state index is 8.59. The fourth-order valence-corrected chi connectivity index (χ4v) is 2.75. The summed E-state index contributed by atoms with van der Waals surface area (Å²) in [5, 5.41) is 13.1. The Balaban J connectivity index is 2.16. The molecule has 0 radical (unpaired) electrons. The average Bonchev–Trinajstić information content (AvgIpc) is 2.45. The highest BCUT2D eigenvalue weighted by Gasteiger charge is 2.09. The number of nitrogens with one attached hydrogen (secondary N) is 1. The molecule has 0 saturated heterocycles. The summed E-state index contributed by atoms with van der Waals surface area (Å²) in [6.07, 6.45) is 0. The first kappa shape index (κ1) is 15.8. The SMILES string of the molecule is N#CCOc1ccccc1CNc1c(Cl)cc(Cl)cc1Cl. The van der Waals surface area contributed by atoms with Crippen molar-refractivity contribution in [1.82, 2.24) is 0 Å². The Bertz CT molecular complexity index is 660. The second-order valence-electron chi connectivity index (χ2n) is 4.15. The number of halogens is 3. The van der Waals surface area contributed by atoms with E-state index in [-0.39, 0.29) is 6.61 Å².